The van der Waals surface area contributed by atoms with E-state index < -0.39 is 51.7 Å². The summed E-state index contributed by atoms with van der Waals surface area (Å²) in [4.78, 5) is 28.6. The van der Waals surface area contributed by atoms with Crippen LogP contribution in [0, 0.1) is 6.92 Å². The third-order valence-corrected chi connectivity index (χ3v) is 8.35. The van der Waals surface area contributed by atoms with Crippen LogP contribution in [0.15, 0.2) is 83.8 Å². The molecule has 3 aromatic carbocycles. The molecule has 0 saturated heterocycles. The minimum absolute atomic E-state index is 0.0105. The molecule has 7 nitrogen and oxygen atoms in total. The van der Waals surface area contributed by atoms with Gasteiger partial charge in [-0.25, -0.2) is 8.42 Å². The predicted molar refractivity (Wildman–Crippen MR) is 156 cm³/mol. The highest BCUT2D eigenvalue weighted by atomic mass is 32.2. The summed E-state index contributed by atoms with van der Waals surface area (Å²) in [6, 6.07) is 17.3. The Kier molecular flexibility index (Phi) is 10.1. The van der Waals surface area contributed by atoms with Crippen LogP contribution in [0.5, 0.6) is 0 Å². The minimum atomic E-state index is -4.74. The number of carbonyl (C=O) groups is 2. The maximum atomic E-state index is 14.1. The Hall–Kier alpha value is -3.86. The molecule has 3 aromatic rings. The number of halogens is 3. The molecule has 0 aliphatic rings. The first-order chi connectivity index (χ1) is 19.5. The van der Waals surface area contributed by atoms with Crippen molar-refractivity contribution < 1.29 is 31.2 Å². The van der Waals surface area contributed by atoms with Gasteiger partial charge in [0.15, 0.2) is 0 Å². The summed E-state index contributed by atoms with van der Waals surface area (Å²) in [6.45, 7) is 8.14. The van der Waals surface area contributed by atoms with Crippen LogP contribution in [0.1, 0.15) is 50.8 Å². The van der Waals surface area contributed by atoms with Gasteiger partial charge in [-0.2, -0.15) is 13.2 Å². The summed E-state index contributed by atoms with van der Waals surface area (Å²) in [5, 5.41) is 2.88. The molecular formula is C31H36F3N3O4S. The van der Waals surface area contributed by atoms with Gasteiger partial charge in [-0.3, -0.25) is 13.9 Å². The number of sulfonamides is 1. The number of alkyl halides is 3. The monoisotopic (exact) mass is 603 g/mol. The van der Waals surface area contributed by atoms with Crippen LogP contribution in [-0.4, -0.2) is 43.3 Å². The number of rotatable bonds is 10. The van der Waals surface area contributed by atoms with Gasteiger partial charge in [0.25, 0.3) is 10.0 Å². The maximum Gasteiger partial charge on any atom is 0.416 e. The van der Waals surface area contributed by atoms with Crippen molar-refractivity contribution in [2.24, 2.45) is 0 Å². The summed E-state index contributed by atoms with van der Waals surface area (Å²) in [6.07, 6.45) is -4.52. The lowest BCUT2D eigenvalue weighted by atomic mass is 10.0. The van der Waals surface area contributed by atoms with Crippen molar-refractivity contribution in [3.05, 3.63) is 95.6 Å². The number of benzene rings is 3. The summed E-state index contributed by atoms with van der Waals surface area (Å²) in [7, 11) is -4.49. The van der Waals surface area contributed by atoms with E-state index in [1.807, 2.05) is 19.1 Å². The Morgan fingerprint density at radius 3 is 2.10 bits per heavy atom. The molecule has 0 aliphatic carbocycles. The van der Waals surface area contributed by atoms with E-state index in [0.717, 1.165) is 23.3 Å². The average Bonchev–Trinajstić information content (AvgIpc) is 2.91. The minimum Gasteiger partial charge on any atom is -0.350 e. The fourth-order valence-electron chi connectivity index (χ4n) is 4.43. The van der Waals surface area contributed by atoms with Gasteiger partial charge in [0.2, 0.25) is 11.8 Å². The third kappa shape index (κ3) is 8.12. The quantitative estimate of drug-likeness (QED) is 0.311. The second kappa shape index (κ2) is 13.0. The van der Waals surface area contributed by atoms with Gasteiger partial charge in [0, 0.05) is 12.1 Å². The molecule has 0 fully saturated rings. The molecule has 11 heteroatoms. The predicted octanol–water partition coefficient (Wildman–Crippen LogP) is 5.93. The molecule has 1 atom stereocenters. The van der Waals surface area contributed by atoms with Crippen molar-refractivity contribution in [2.75, 3.05) is 10.8 Å². The summed E-state index contributed by atoms with van der Waals surface area (Å²) in [5.74, 6) is -1.17. The van der Waals surface area contributed by atoms with E-state index in [4.69, 9.17) is 0 Å². The van der Waals surface area contributed by atoms with Gasteiger partial charge in [0.05, 0.1) is 16.1 Å². The summed E-state index contributed by atoms with van der Waals surface area (Å²) in [5.41, 5.74) is -0.404. The summed E-state index contributed by atoms with van der Waals surface area (Å²) >= 11 is 0. The van der Waals surface area contributed by atoms with Gasteiger partial charge < -0.3 is 10.2 Å². The number of hydrogen-bond acceptors (Lipinski definition) is 4. The second-order valence-electron chi connectivity index (χ2n) is 11.0. The standard InChI is InChI=1S/C31H36F3N3O4S/c1-6-27(29(39)35-30(3,4)5)36(20-23-14-11-10-13-22(23)2)28(38)21-37(42(40,41)26-17-8-7-9-18-26)25-16-12-15-24(19-25)31(32,33)34/h7-19,27H,6,20-21H2,1-5H3,(H,35,39)/t27-/m0/s1. The molecule has 0 radical (unpaired) electrons. The molecular weight excluding hydrogens is 567 g/mol. The van der Waals surface area contributed by atoms with Crippen molar-refractivity contribution in [3.63, 3.8) is 0 Å². The summed E-state index contributed by atoms with van der Waals surface area (Å²) < 4.78 is 69.1. The number of amides is 2. The molecule has 2 amide bonds. The van der Waals surface area contributed by atoms with Crippen LogP contribution in [0.3, 0.4) is 0 Å². The third-order valence-electron chi connectivity index (χ3n) is 6.56. The highest BCUT2D eigenvalue weighted by molar-refractivity contribution is 7.92. The fourth-order valence-corrected chi connectivity index (χ4v) is 5.86. The molecule has 226 valence electrons. The van der Waals surface area contributed by atoms with E-state index in [2.05, 4.69) is 5.32 Å². The number of aryl methyl sites for hydroxylation is 1. The van der Waals surface area contributed by atoms with Gasteiger partial charge in [-0.05, 0) is 75.6 Å². The van der Waals surface area contributed by atoms with Crippen LogP contribution in [0.4, 0.5) is 18.9 Å². The van der Waals surface area contributed by atoms with Crippen molar-refractivity contribution >= 4 is 27.5 Å². The Labute approximate surface area is 245 Å². The second-order valence-corrected chi connectivity index (χ2v) is 12.8. The molecule has 0 unspecified atom stereocenters. The van der Waals surface area contributed by atoms with Crippen LogP contribution in [0.2, 0.25) is 0 Å². The molecule has 42 heavy (non-hydrogen) atoms. The van der Waals surface area contributed by atoms with Crippen LogP contribution >= 0.6 is 0 Å². The molecule has 1 N–H and O–H groups in total. The first-order valence-corrected chi connectivity index (χ1v) is 14.9. The number of nitrogens with one attached hydrogen (secondary N) is 1. The van der Waals surface area contributed by atoms with E-state index in [1.165, 1.54) is 35.2 Å². The van der Waals surface area contributed by atoms with Gasteiger partial charge in [0.1, 0.15) is 12.6 Å². The Bertz CT molecular complexity index is 1500. The zero-order valence-electron chi connectivity index (χ0n) is 24.3. The smallest absolute Gasteiger partial charge is 0.350 e. The van der Waals surface area contributed by atoms with Gasteiger partial charge in [-0.1, -0.05) is 55.5 Å². The lowest BCUT2D eigenvalue weighted by Crippen LogP contribution is -2.55. The molecule has 0 aromatic heterocycles. The van der Waals surface area contributed by atoms with E-state index in [1.54, 1.807) is 45.9 Å². The van der Waals surface area contributed by atoms with E-state index >= 15 is 0 Å². The number of hydrogen-bond donors (Lipinski definition) is 1. The zero-order chi connectivity index (χ0) is 31.3. The van der Waals surface area contributed by atoms with Crippen molar-refractivity contribution in [2.45, 2.75) is 70.2 Å². The van der Waals surface area contributed by atoms with Crippen LogP contribution in [0.25, 0.3) is 0 Å². The molecule has 0 spiro atoms. The first-order valence-electron chi connectivity index (χ1n) is 13.5. The first kappa shape index (κ1) is 32.7. The molecule has 0 bridgehead atoms. The topological polar surface area (TPSA) is 86.8 Å². The largest absolute Gasteiger partial charge is 0.416 e. The van der Waals surface area contributed by atoms with Crippen molar-refractivity contribution in [1.29, 1.82) is 0 Å². The Morgan fingerprint density at radius 2 is 1.52 bits per heavy atom. The van der Waals surface area contributed by atoms with Crippen LogP contribution in [-0.2, 0) is 32.3 Å². The number of nitrogens with zero attached hydrogens (tertiary/aromatic N) is 2. The van der Waals surface area contributed by atoms with Crippen molar-refractivity contribution in [1.82, 2.24) is 10.2 Å². The lowest BCUT2D eigenvalue weighted by molar-refractivity contribution is -0.141. The Morgan fingerprint density at radius 1 is 0.905 bits per heavy atom. The fraction of sp³-hybridized carbons (Fsp3) is 0.355. The maximum absolute atomic E-state index is 14.1. The van der Waals surface area contributed by atoms with Crippen LogP contribution < -0.4 is 9.62 Å². The Balaban J connectivity index is 2.13. The molecule has 3 rings (SSSR count). The molecule has 0 aliphatic heterocycles. The average molecular weight is 604 g/mol. The normalized spacial score (nSPS) is 12.9. The highest BCUT2D eigenvalue weighted by Crippen LogP contribution is 2.33. The number of anilines is 1. The van der Waals surface area contributed by atoms with Crippen molar-refractivity contribution in [3.8, 4) is 0 Å². The van der Waals surface area contributed by atoms with Gasteiger partial charge >= 0.3 is 6.18 Å². The number of carbonyl (C=O) groups excluding carboxylic acids is 2. The highest BCUT2D eigenvalue weighted by Gasteiger charge is 2.36. The SMILES string of the molecule is CC[C@@H](C(=O)NC(C)(C)C)N(Cc1ccccc1C)C(=O)CN(c1cccc(C(F)(F)F)c1)S(=O)(=O)c1ccccc1. The van der Waals surface area contributed by atoms with E-state index in [9.17, 15) is 31.2 Å². The molecule has 0 heterocycles. The van der Waals surface area contributed by atoms with E-state index in [0.29, 0.717) is 10.4 Å². The molecule has 0 saturated carbocycles. The van der Waals surface area contributed by atoms with E-state index in [-0.39, 0.29) is 23.5 Å². The zero-order valence-corrected chi connectivity index (χ0v) is 25.1. The lowest BCUT2D eigenvalue weighted by Gasteiger charge is -2.35. The van der Waals surface area contributed by atoms with Gasteiger partial charge in [-0.15, -0.1) is 0 Å².